The minimum absolute atomic E-state index is 0.00438. The summed E-state index contributed by atoms with van der Waals surface area (Å²) in [5.74, 6) is -0.0577. The molecule has 1 aliphatic rings. The van der Waals surface area contributed by atoms with E-state index in [2.05, 4.69) is 22.6 Å². The van der Waals surface area contributed by atoms with Crippen LogP contribution in [0, 0.1) is 11.3 Å². The van der Waals surface area contributed by atoms with Gasteiger partial charge < -0.3 is 4.90 Å². The second-order valence-electron chi connectivity index (χ2n) is 2.58. The van der Waals surface area contributed by atoms with Crippen LogP contribution >= 0.6 is 22.6 Å². The Bertz CT molecular complexity index is 254. The van der Waals surface area contributed by atoms with E-state index >= 15 is 0 Å². The summed E-state index contributed by atoms with van der Waals surface area (Å²) in [6, 6.07) is 1.86. The Morgan fingerprint density at radius 1 is 1.83 bits per heavy atom. The average molecular weight is 276 g/mol. The summed E-state index contributed by atoms with van der Waals surface area (Å²) in [5.41, 5.74) is 0. The molecule has 64 valence electrons. The second kappa shape index (κ2) is 4.45. The normalized spacial score (nSPS) is 16.7. The van der Waals surface area contributed by atoms with Crippen LogP contribution in [0.2, 0.25) is 0 Å². The fraction of sp³-hybridized carbons (Fsp3) is 0.500. The van der Waals surface area contributed by atoms with Gasteiger partial charge in [0.15, 0.2) is 0 Å². The maximum absolute atomic E-state index is 11.2. The summed E-state index contributed by atoms with van der Waals surface area (Å²) < 4.78 is 1.30. The molecule has 0 bridgehead atoms. The number of rotatable bonds is 1. The number of nitrogens with zero attached hydrogens (tertiary/aromatic N) is 2. The molecule has 0 unspecified atom stereocenters. The van der Waals surface area contributed by atoms with Crippen LogP contribution in [0.3, 0.4) is 0 Å². The van der Waals surface area contributed by atoms with Crippen molar-refractivity contribution < 1.29 is 4.79 Å². The van der Waals surface area contributed by atoms with Crippen LogP contribution in [-0.2, 0) is 4.79 Å². The molecule has 0 aliphatic carbocycles. The van der Waals surface area contributed by atoms with Gasteiger partial charge in [0.1, 0.15) is 6.42 Å². The molecule has 3 nitrogen and oxygen atoms in total. The van der Waals surface area contributed by atoms with Crippen molar-refractivity contribution in [2.24, 2.45) is 0 Å². The van der Waals surface area contributed by atoms with E-state index in [0.29, 0.717) is 6.54 Å². The molecule has 0 aromatic rings. The Balaban J connectivity index is 2.47. The second-order valence-corrected chi connectivity index (χ2v) is 3.96. The van der Waals surface area contributed by atoms with E-state index in [1.54, 1.807) is 4.90 Å². The van der Waals surface area contributed by atoms with Gasteiger partial charge in [0.2, 0.25) is 5.91 Å². The molecule has 4 heteroatoms. The lowest BCUT2D eigenvalue weighted by atomic mass is 10.2. The van der Waals surface area contributed by atoms with E-state index in [0.717, 1.165) is 13.0 Å². The predicted molar refractivity (Wildman–Crippen MR) is 53.5 cm³/mol. The number of halogens is 1. The van der Waals surface area contributed by atoms with Crippen LogP contribution in [0.25, 0.3) is 0 Å². The van der Waals surface area contributed by atoms with Gasteiger partial charge in [0.05, 0.1) is 6.07 Å². The number of nitriles is 1. The number of hydrogen-bond donors (Lipinski definition) is 0. The van der Waals surface area contributed by atoms with Gasteiger partial charge in [-0.2, -0.15) is 5.26 Å². The van der Waals surface area contributed by atoms with Crippen molar-refractivity contribution in [3.63, 3.8) is 0 Å². The molecule has 0 saturated heterocycles. The first kappa shape index (κ1) is 9.52. The fourth-order valence-corrected chi connectivity index (χ4v) is 1.49. The Labute approximate surface area is 85.2 Å². The Morgan fingerprint density at radius 2 is 2.58 bits per heavy atom. The van der Waals surface area contributed by atoms with Gasteiger partial charge >= 0.3 is 0 Å². The van der Waals surface area contributed by atoms with E-state index in [-0.39, 0.29) is 12.3 Å². The maximum Gasteiger partial charge on any atom is 0.237 e. The molecule has 0 N–H and O–H groups in total. The van der Waals surface area contributed by atoms with Crippen LogP contribution < -0.4 is 0 Å². The average Bonchev–Trinajstić information content (AvgIpc) is 2.06. The van der Waals surface area contributed by atoms with Crippen LogP contribution in [-0.4, -0.2) is 23.9 Å². The largest absolute Gasteiger partial charge is 0.338 e. The van der Waals surface area contributed by atoms with Crippen molar-refractivity contribution in [3.8, 4) is 6.07 Å². The molecule has 0 aromatic heterocycles. The predicted octanol–water partition coefficient (Wildman–Crippen LogP) is 1.45. The highest BCUT2D eigenvalue weighted by Gasteiger charge is 2.14. The van der Waals surface area contributed by atoms with Crippen molar-refractivity contribution in [2.75, 3.05) is 13.1 Å². The minimum atomic E-state index is -0.0577. The number of amides is 1. The van der Waals surface area contributed by atoms with Crippen LogP contribution in [0.4, 0.5) is 0 Å². The monoisotopic (exact) mass is 276 g/mol. The summed E-state index contributed by atoms with van der Waals surface area (Å²) in [6.45, 7) is 1.42. The zero-order chi connectivity index (χ0) is 8.97. The van der Waals surface area contributed by atoms with Gasteiger partial charge in [0, 0.05) is 13.1 Å². The molecule has 1 amide bonds. The molecular formula is C8H9IN2O. The lowest BCUT2D eigenvalue weighted by Crippen LogP contribution is -2.33. The van der Waals surface area contributed by atoms with Crippen molar-refractivity contribution in [2.45, 2.75) is 12.8 Å². The summed E-state index contributed by atoms with van der Waals surface area (Å²) in [7, 11) is 0. The zero-order valence-corrected chi connectivity index (χ0v) is 8.74. The number of carbonyl (C=O) groups excluding carboxylic acids is 1. The molecule has 0 aromatic carbocycles. The lowest BCUT2D eigenvalue weighted by Gasteiger charge is -2.23. The molecule has 0 radical (unpaired) electrons. The summed E-state index contributed by atoms with van der Waals surface area (Å²) in [5, 5.41) is 8.30. The quantitative estimate of drug-likeness (QED) is 0.680. The van der Waals surface area contributed by atoms with Gasteiger partial charge in [-0.15, -0.1) is 0 Å². The van der Waals surface area contributed by atoms with E-state index in [1.807, 2.05) is 12.1 Å². The Morgan fingerprint density at radius 3 is 3.08 bits per heavy atom. The third kappa shape index (κ3) is 2.48. The first-order valence-corrected chi connectivity index (χ1v) is 4.81. The Kier molecular flexibility index (Phi) is 3.53. The van der Waals surface area contributed by atoms with Gasteiger partial charge in [0.25, 0.3) is 0 Å². The van der Waals surface area contributed by atoms with Gasteiger partial charge in [-0.25, -0.2) is 0 Å². The van der Waals surface area contributed by atoms with Crippen LogP contribution in [0.5, 0.6) is 0 Å². The molecule has 0 spiro atoms. The maximum atomic E-state index is 11.2. The van der Waals surface area contributed by atoms with Crippen LogP contribution in [0.15, 0.2) is 9.66 Å². The molecule has 0 saturated carbocycles. The van der Waals surface area contributed by atoms with Crippen LogP contribution in [0.1, 0.15) is 12.8 Å². The van der Waals surface area contributed by atoms with Crippen molar-refractivity contribution in [3.05, 3.63) is 9.66 Å². The first-order valence-electron chi connectivity index (χ1n) is 3.73. The van der Waals surface area contributed by atoms with Crippen molar-refractivity contribution in [1.29, 1.82) is 5.26 Å². The standard InChI is InChI=1S/C8H9IN2O/c9-7-2-5-11(6-3-7)8(12)1-4-10/h2H,1,3,5-6H2. The SMILES string of the molecule is N#CCC(=O)N1CC=C(I)CC1. The van der Waals surface area contributed by atoms with Gasteiger partial charge in [-0.3, -0.25) is 4.79 Å². The van der Waals surface area contributed by atoms with E-state index in [9.17, 15) is 4.79 Å². The molecule has 1 heterocycles. The van der Waals surface area contributed by atoms with Gasteiger partial charge in [-0.1, -0.05) is 6.08 Å². The highest BCUT2D eigenvalue weighted by atomic mass is 127. The molecule has 12 heavy (non-hydrogen) atoms. The summed E-state index contributed by atoms with van der Waals surface area (Å²) in [6.07, 6.45) is 2.96. The highest BCUT2D eigenvalue weighted by molar-refractivity contribution is 14.1. The molecular weight excluding hydrogens is 267 g/mol. The van der Waals surface area contributed by atoms with Gasteiger partial charge in [-0.05, 0) is 32.6 Å². The zero-order valence-electron chi connectivity index (χ0n) is 6.59. The smallest absolute Gasteiger partial charge is 0.237 e. The number of carbonyl (C=O) groups is 1. The van der Waals surface area contributed by atoms with E-state index in [4.69, 9.17) is 5.26 Å². The summed E-state index contributed by atoms with van der Waals surface area (Å²) >= 11 is 2.27. The van der Waals surface area contributed by atoms with E-state index < -0.39 is 0 Å². The molecule has 0 atom stereocenters. The topological polar surface area (TPSA) is 44.1 Å². The van der Waals surface area contributed by atoms with Crippen molar-refractivity contribution in [1.82, 2.24) is 4.90 Å². The fourth-order valence-electron chi connectivity index (χ4n) is 1.05. The van der Waals surface area contributed by atoms with Crippen molar-refractivity contribution >= 4 is 28.5 Å². The Hall–Kier alpha value is -0.570. The highest BCUT2D eigenvalue weighted by Crippen LogP contribution is 2.16. The first-order chi connectivity index (χ1) is 5.74. The molecule has 1 aliphatic heterocycles. The number of hydrogen-bond acceptors (Lipinski definition) is 2. The lowest BCUT2D eigenvalue weighted by molar-refractivity contribution is -0.129. The minimum Gasteiger partial charge on any atom is -0.338 e. The molecule has 1 rings (SSSR count). The third-order valence-corrected chi connectivity index (χ3v) is 2.72. The third-order valence-electron chi connectivity index (χ3n) is 1.74. The molecule has 0 fully saturated rings. The van der Waals surface area contributed by atoms with E-state index in [1.165, 1.54) is 3.58 Å². The summed E-state index contributed by atoms with van der Waals surface area (Å²) in [4.78, 5) is 12.9.